The van der Waals surface area contributed by atoms with Crippen LogP contribution in [0.1, 0.15) is 150 Å². The van der Waals surface area contributed by atoms with Crippen molar-refractivity contribution in [1.29, 1.82) is 0 Å². The van der Waals surface area contributed by atoms with Crippen molar-refractivity contribution in [2.75, 3.05) is 26.2 Å². The maximum absolute atomic E-state index is 14.2. The number of aliphatic hydroxyl groups excluding tert-OH is 1. The maximum atomic E-state index is 14.2. The van der Waals surface area contributed by atoms with Crippen molar-refractivity contribution in [2.24, 2.45) is 17.1 Å². The largest absolute Gasteiger partial charge is 0.391 e. The Morgan fingerprint density at radius 2 is 1.73 bits per heavy atom. The number of carbonyl (C=O) groups is 2. The van der Waals surface area contributed by atoms with Gasteiger partial charge >= 0.3 is 0 Å². The minimum atomic E-state index is -0.847. The Bertz CT molecular complexity index is 3070. The molecule has 16 heteroatoms. The topological polar surface area (TPSA) is 177 Å². The lowest BCUT2D eigenvalue weighted by molar-refractivity contribution is -0.141. The molecule has 2 aliphatic carbocycles. The van der Waals surface area contributed by atoms with Crippen molar-refractivity contribution in [1.82, 2.24) is 44.6 Å². The second kappa shape index (κ2) is 20.2. The lowest BCUT2D eigenvalue weighted by Gasteiger charge is -2.37. The molecule has 11 rings (SSSR count). The van der Waals surface area contributed by atoms with Gasteiger partial charge < -0.3 is 26.0 Å². The van der Waals surface area contributed by atoms with Gasteiger partial charge in [0.15, 0.2) is 0 Å². The average molecular weight is 1070 g/mol. The van der Waals surface area contributed by atoms with Crippen molar-refractivity contribution >= 4 is 50.0 Å². The van der Waals surface area contributed by atoms with E-state index >= 15 is 0 Å². The molecule has 14 nitrogen and oxygen atoms in total. The van der Waals surface area contributed by atoms with Crippen LogP contribution in [0.5, 0.6) is 0 Å². The molecule has 2 amide bonds. The van der Waals surface area contributed by atoms with Crippen LogP contribution in [0.2, 0.25) is 0 Å². The predicted molar refractivity (Wildman–Crippen MR) is 289 cm³/mol. The summed E-state index contributed by atoms with van der Waals surface area (Å²) >= 11 is 5.25. The van der Waals surface area contributed by atoms with Gasteiger partial charge in [-0.15, -0.1) is 16.4 Å². The van der Waals surface area contributed by atoms with E-state index < -0.39 is 29.6 Å². The smallest absolute Gasteiger partial charge is 0.281 e. The van der Waals surface area contributed by atoms with Crippen LogP contribution in [-0.4, -0.2) is 101 Å². The molecule has 6 aromatic rings. The van der Waals surface area contributed by atoms with Gasteiger partial charge in [-0.25, -0.2) is 9.67 Å². The Morgan fingerprint density at radius 1 is 0.973 bits per heavy atom. The third kappa shape index (κ3) is 9.64. The normalized spacial score (nSPS) is 23.1. The molecular weight excluding hydrogens is 1000 g/mol. The third-order valence-corrected chi connectivity index (χ3v) is 18.9. The number of amides is 2. The van der Waals surface area contributed by atoms with Crippen molar-refractivity contribution in [3.05, 3.63) is 121 Å². The van der Waals surface area contributed by atoms with Crippen LogP contribution in [0, 0.1) is 18.3 Å². The summed E-state index contributed by atoms with van der Waals surface area (Å²) in [4.78, 5) is 55.9. The monoisotopic (exact) mass is 1070 g/mol. The summed E-state index contributed by atoms with van der Waals surface area (Å²) in [5, 5.41) is 23.9. The summed E-state index contributed by atoms with van der Waals surface area (Å²) in [6.07, 6.45) is 13.7. The molecule has 6 heterocycles. The van der Waals surface area contributed by atoms with Gasteiger partial charge in [-0.3, -0.25) is 19.0 Å². The van der Waals surface area contributed by atoms with Crippen LogP contribution in [0.4, 0.5) is 0 Å². The molecule has 3 aromatic carbocycles. The number of benzene rings is 3. The Hall–Kier alpha value is -5.13. The molecule has 3 aliphatic heterocycles. The fraction of sp³-hybridized carbons (Fsp3) is 0.526. The zero-order chi connectivity index (χ0) is 50.8. The van der Waals surface area contributed by atoms with Crippen LogP contribution in [0.25, 0.3) is 27.0 Å². The van der Waals surface area contributed by atoms with Crippen LogP contribution in [0.3, 0.4) is 0 Å². The number of rotatable bonds is 11. The molecule has 4 fully saturated rings. The van der Waals surface area contributed by atoms with E-state index in [1.54, 1.807) is 11.3 Å². The average Bonchev–Trinajstić information content (AvgIpc) is 4.19. The predicted octanol–water partition coefficient (Wildman–Crippen LogP) is 9.08. The number of aryl methyl sites for hydroxylation is 1. The first-order valence-corrected chi connectivity index (χ1v) is 28.4. The van der Waals surface area contributed by atoms with E-state index in [9.17, 15) is 19.5 Å². The third-order valence-electron chi connectivity index (χ3n) is 17.2. The SMILES string of the molecule is Cc1ncsc1-c1ccc([C@H](Cn2cc(C3CCC(CN4CCC(c5ccc6c(c5)C5(CCCCC5)c5nc(=O)c7c(Br)cccc7n5-6)CC4)CC3)nn2)NC(=O)[C@@H]2C[C@@H](O)CN2C(=O)[C@@H](N)C(C)(C)C)cc1. The van der Waals surface area contributed by atoms with E-state index in [1.165, 1.54) is 28.1 Å². The van der Waals surface area contributed by atoms with E-state index in [2.05, 4.69) is 77.3 Å². The minimum absolute atomic E-state index is 0.0651. The van der Waals surface area contributed by atoms with Crippen molar-refractivity contribution in [2.45, 2.75) is 153 Å². The summed E-state index contributed by atoms with van der Waals surface area (Å²) in [5.41, 5.74) is 16.2. The number of hydrogen-bond acceptors (Lipinski definition) is 11. The molecule has 4 N–H and O–H groups in total. The van der Waals surface area contributed by atoms with Gasteiger partial charge in [0.2, 0.25) is 11.8 Å². The molecule has 384 valence electrons. The molecule has 5 aliphatic rings. The van der Waals surface area contributed by atoms with Gasteiger partial charge in [0.25, 0.3) is 5.56 Å². The number of likely N-dealkylation sites (tertiary alicyclic amines) is 2. The fourth-order valence-electron chi connectivity index (χ4n) is 13.0. The second-order valence-electron chi connectivity index (χ2n) is 23.0. The summed E-state index contributed by atoms with van der Waals surface area (Å²) in [6.45, 7) is 11.4. The van der Waals surface area contributed by atoms with Gasteiger partial charge in [0.1, 0.15) is 11.9 Å². The van der Waals surface area contributed by atoms with Crippen LogP contribution in [0.15, 0.2) is 81.6 Å². The van der Waals surface area contributed by atoms with E-state index in [4.69, 9.17) is 15.8 Å². The first-order chi connectivity index (χ1) is 35.1. The highest BCUT2D eigenvalue weighted by Gasteiger charge is 2.47. The van der Waals surface area contributed by atoms with Gasteiger partial charge in [-0.05, 0) is 145 Å². The number of nitrogens with two attached hydrogens (primary N) is 1. The fourth-order valence-corrected chi connectivity index (χ4v) is 14.3. The summed E-state index contributed by atoms with van der Waals surface area (Å²) < 4.78 is 4.94. The zero-order valence-corrected chi connectivity index (χ0v) is 45.0. The first-order valence-electron chi connectivity index (χ1n) is 26.7. The Labute approximate surface area is 440 Å². The van der Waals surface area contributed by atoms with E-state index in [0.29, 0.717) is 29.7 Å². The number of aromatic nitrogens is 6. The molecule has 0 radical (unpaired) electrons. The minimum Gasteiger partial charge on any atom is -0.391 e. The number of nitrogens with zero attached hydrogens (tertiary/aromatic N) is 8. The van der Waals surface area contributed by atoms with Crippen LogP contribution < -0.4 is 16.6 Å². The number of piperidine rings is 1. The van der Waals surface area contributed by atoms with Crippen molar-refractivity contribution in [3.8, 4) is 16.1 Å². The molecule has 4 atom stereocenters. The number of β-amino-alcohol motifs (C(OH)–C–C–N with tert-alkyl or cyclic N) is 1. The second-order valence-corrected chi connectivity index (χ2v) is 24.7. The molecule has 0 unspecified atom stereocenters. The number of carbonyl (C=O) groups excluding carboxylic acids is 2. The van der Waals surface area contributed by atoms with Gasteiger partial charge in [-0.1, -0.05) is 87.7 Å². The quantitative estimate of drug-likeness (QED) is 0.113. The molecule has 73 heavy (non-hydrogen) atoms. The Balaban J connectivity index is 0.724. The van der Waals surface area contributed by atoms with Gasteiger partial charge in [-0.2, -0.15) is 4.98 Å². The Morgan fingerprint density at radius 3 is 2.44 bits per heavy atom. The number of nitrogens with one attached hydrogen (secondary N) is 1. The Kier molecular flexibility index (Phi) is 13.8. The first kappa shape index (κ1) is 50.0. The standard InChI is InChI=1S/C57H69BrN10O4S/c1-34-50(73-33-60-34)39-17-15-37(16-18-39)44(61-52(70)48-28-41(69)30-67(48)54(72)51(59)56(2,3)4)31-66-32-45(63-64-66)38-13-11-35(12-14-38)29-65-25-21-36(22-26-65)40-19-20-46-42(27-40)57(23-6-5-7-24-57)55-62-53(71)49-43(58)9-8-10-47(49)68(46)55/h8-10,15-20,27,32-33,35-36,38,41,44,48,51,69H,5-7,11-14,21-26,28-31,59H2,1-4H3,(H,61,70)/t35?,38?,41-,44+,48+,51-/m1/s1. The van der Waals surface area contributed by atoms with E-state index in [0.717, 1.165) is 127 Å². The van der Waals surface area contributed by atoms with Crippen LogP contribution >= 0.6 is 27.3 Å². The van der Waals surface area contributed by atoms with Crippen molar-refractivity contribution in [3.63, 3.8) is 0 Å². The number of thiazole rings is 1. The molecule has 3 aromatic heterocycles. The number of hydrogen-bond donors (Lipinski definition) is 3. The van der Waals surface area contributed by atoms with Gasteiger partial charge in [0.05, 0.1) is 68.5 Å². The number of fused-ring (bicyclic) bond motifs is 7. The van der Waals surface area contributed by atoms with Gasteiger partial charge in [0, 0.05) is 36.1 Å². The lowest BCUT2D eigenvalue weighted by atomic mass is 9.69. The zero-order valence-electron chi connectivity index (χ0n) is 42.6. The van der Waals surface area contributed by atoms with Crippen LogP contribution in [-0.2, 0) is 21.5 Å². The van der Waals surface area contributed by atoms with E-state index in [1.807, 2.05) is 68.3 Å². The highest BCUT2D eigenvalue weighted by Crippen LogP contribution is 2.52. The number of halogens is 1. The summed E-state index contributed by atoms with van der Waals surface area (Å²) in [7, 11) is 0. The molecule has 1 spiro atoms. The summed E-state index contributed by atoms with van der Waals surface area (Å²) in [6, 6.07) is 19.3. The van der Waals surface area contributed by atoms with Crippen molar-refractivity contribution < 1.29 is 14.7 Å². The maximum Gasteiger partial charge on any atom is 0.281 e. The molecular formula is C57H69BrN10O4S. The molecule has 2 saturated heterocycles. The highest BCUT2D eigenvalue weighted by atomic mass is 79.9. The van der Waals surface area contributed by atoms with E-state index in [-0.39, 0.29) is 35.8 Å². The summed E-state index contributed by atoms with van der Waals surface area (Å²) in [5.74, 6) is 1.75. The highest BCUT2D eigenvalue weighted by molar-refractivity contribution is 9.10. The lowest BCUT2D eigenvalue weighted by Crippen LogP contribution is -2.55. The molecule has 2 saturated carbocycles. The number of aliphatic hydroxyl groups is 1. The molecule has 0 bridgehead atoms.